The molecule has 2 N–H and O–H groups in total. The van der Waals surface area contributed by atoms with Crippen molar-refractivity contribution in [3.05, 3.63) is 0 Å². The van der Waals surface area contributed by atoms with Crippen LogP contribution in [0.3, 0.4) is 0 Å². The van der Waals surface area contributed by atoms with Crippen molar-refractivity contribution in [2.45, 2.75) is 57.9 Å². The maximum atomic E-state index is 12.0. The van der Waals surface area contributed by atoms with Gasteiger partial charge in [0.1, 0.15) is 0 Å². The highest BCUT2D eigenvalue weighted by atomic mass is 16.2. The van der Waals surface area contributed by atoms with Crippen molar-refractivity contribution < 1.29 is 4.79 Å². The van der Waals surface area contributed by atoms with Crippen LogP contribution in [0, 0.1) is 5.92 Å². The van der Waals surface area contributed by atoms with Gasteiger partial charge in [-0.2, -0.15) is 0 Å². The summed E-state index contributed by atoms with van der Waals surface area (Å²) >= 11 is 0. The fourth-order valence-electron chi connectivity index (χ4n) is 3.09. The van der Waals surface area contributed by atoms with Gasteiger partial charge in [-0.05, 0) is 51.6 Å². The monoisotopic (exact) mass is 283 g/mol. The molecule has 4 heteroatoms. The Balaban J connectivity index is 2.22. The zero-order chi connectivity index (χ0) is 15.0. The molecule has 0 spiro atoms. The molecule has 4 nitrogen and oxygen atoms in total. The van der Waals surface area contributed by atoms with Gasteiger partial charge in [0.15, 0.2) is 0 Å². The Labute approximate surface area is 124 Å². The van der Waals surface area contributed by atoms with Crippen LogP contribution in [0.4, 0.5) is 0 Å². The lowest BCUT2D eigenvalue weighted by Gasteiger charge is -2.34. The minimum Gasteiger partial charge on any atom is -0.346 e. The van der Waals surface area contributed by atoms with Crippen molar-refractivity contribution in [1.29, 1.82) is 0 Å². The van der Waals surface area contributed by atoms with E-state index in [0.717, 1.165) is 25.4 Å². The maximum Gasteiger partial charge on any atom is 0.223 e. The number of hydrogen-bond donors (Lipinski definition) is 1. The molecule has 1 aliphatic carbocycles. The minimum atomic E-state index is 0.243. The van der Waals surface area contributed by atoms with Gasteiger partial charge in [-0.25, -0.2) is 0 Å². The van der Waals surface area contributed by atoms with Gasteiger partial charge in [0.05, 0.1) is 0 Å². The molecule has 0 bridgehead atoms. The fourth-order valence-corrected chi connectivity index (χ4v) is 3.09. The summed E-state index contributed by atoms with van der Waals surface area (Å²) in [6, 6.07) is 0.681. The average Bonchev–Trinajstić information content (AvgIpc) is 2.49. The fraction of sp³-hybridized carbons (Fsp3) is 0.938. The van der Waals surface area contributed by atoms with Crippen LogP contribution in [0.5, 0.6) is 0 Å². The second kappa shape index (κ2) is 9.35. The lowest BCUT2D eigenvalue weighted by Crippen LogP contribution is -2.38. The molecule has 0 aliphatic heterocycles. The highest BCUT2D eigenvalue weighted by molar-refractivity contribution is 5.76. The SMILES string of the molecule is CCC1CCC(N(C)CCC(=O)N(C)CCCN)CC1. The first-order chi connectivity index (χ1) is 9.58. The number of carbonyl (C=O) groups excluding carboxylic acids is 1. The third-order valence-electron chi connectivity index (χ3n) is 4.82. The van der Waals surface area contributed by atoms with Gasteiger partial charge in [-0.1, -0.05) is 13.3 Å². The molecular formula is C16H33N3O. The van der Waals surface area contributed by atoms with E-state index < -0.39 is 0 Å². The van der Waals surface area contributed by atoms with E-state index in [4.69, 9.17) is 5.73 Å². The van der Waals surface area contributed by atoms with Gasteiger partial charge in [-0.3, -0.25) is 4.79 Å². The number of hydrogen-bond acceptors (Lipinski definition) is 3. The van der Waals surface area contributed by atoms with Crippen LogP contribution in [0.2, 0.25) is 0 Å². The molecule has 1 saturated carbocycles. The summed E-state index contributed by atoms with van der Waals surface area (Å²) < 4.78 is 0. The molecule has 0 aromatic carbocycles. The summed E-state index contributed by atoms with van der Waals surface area (Å²) in [7, 11) is 4.05. The molecule has 0 heterocycles. The molecule has 0 unspecified atom stereocenters. The van der Waals surface area contributed by atoms with Crippen LogP contribution in [-0.4, -0.2) is 55.5 Å². The van der Waals surface area contributed by atoms with Crippen LogP contribution >= 0.6 is 0 Å². The molecule has 0 radical (unpaired) electrons. The van der Waals surface area contributed by atoms with E-state index in [1.165, 1.54) is 32.1 Å². The Bertz CT molecular complexity index is 275. The smallest absolute Gasteiger partial charge is 0.223 e. The van der Waals surface area contributed by atoms with Crippen LogP contribution < -0.4 is 5.73 Å². The summed E-state index contributed by atoms with van der Waals surface area (Å²) in [5.74, 6) is 1.18. The lowest BCUT2D eigenvalue weighted by molar-refractivity contribution is -0.130. The largest absolute Gasteiger partial charge is 0.346 e. The Morgan fingerprint density at radius 3 is 2.35 bits per heavy atom. The standard InChI is InChI=1S/C16H33N3O/c1-4-14-6-8-15(9-7-14)18(2)13-10-16(20)19(3)12-5-11-17/h14-15H,4-13,17H2,1-3H3. The van der Waals surface area contributed by atoms with Crippen molar-refractivity contribution in [3.8, 4) is 0 Å². The van der Waals surface area contributed by atoms with Gasteiger partial charge in [0.2, 0.25) is 5.91 Å². The first-order valence-corrected chi connectivity index (χ1v) is 8.22. The summed E-state index contributed by atoms with van der Waals surface area (Å²) in [6.45, 7) is 4.61. The second-order valence-electron chi connectivity index (χ2n) is 6.27. The molecule has 1 fully saturated rings. The summed E-state index contributed by atoms with van der Waals surface area (Å²) in [4.78, 5) is 16.2. The van der Waals surface area contributed by atoms with Gasteiger partial charge >= 0.3 is 0 Å². The Morgan fingerprint density at radius 2 is 1.80 bits per heavy atom. The van der Waals surface area contributed by atoms with E-state index in [1.807, 2.05) is 11.9 Å². The third kappa shape index (κ3) is 5.80. The van der Waals surface area contributed by atoms with Crippen LogP contribution in [0.15, 0.2) is 0 Å². The minimum absolute atomic E-state index is 0.243. The molecule has 0 aromatic rings. The first kappa shape index (κ1) is 17.4. The lowest BCUT2D eigenvalue weighted by atomic mass is 9.84. The quantitative estimate of drug-likeness (QED) is 0.742. The van der Waals surface area contributed by atoms with Crippen molar-refractivity contribution >= 4 is 5.91 Å². The average molecular weight is 283 g/mol. The number of nitrogens with zero attached hydrogens (tertiary/aromatic N) is 2. The molecule has 20 heavy (non-hydrogen) atoms. The summed E-state index contributed by atoms with van der Waals surface area (Å²) in [6.07, 6.45) is 8.15. The van der Waals surface area contributed by atoms with E-state index in [0.29, 0.717) is 19.0 Å². The first-order valence-electron chi connectivity index (χ1n) is 8.22. The van der Waals surface area contributed by atoms with Crippen molar-refractivity contribution in [1.82, 2.24) is 9.80 Å². The second-order valence-corrected chi connectivity index (χ2v) is 6.27. The molecule has 118 valence electrons. The molecule has 1 rings (SSSR count). The van der Waals surface area contributed by atoms with E-state index >= 15 is 0 Å². The van der Waals surface area contributed by atoms with Crippen molar-refractivity contribution in [2.75, 3.05) is 33.7 Å². The molecule has 0 aromatic heterocycles. The van der Waals surface area contributed by atoms with Crippen molar-refractivity contribution in [2.24, 2.45) is 11.7 Å². The highest BCUT2D eigenvalue weighted by Crippen LogP contribution is 2.28. The van der Waals surface area contributed by atoms with Gasteiger partial charge in [0.25, 0.3) is 0 Å². The van der Waals surface area contributed by atoms with Gasteiger partial charge < -0.3 is 15.5 Å². The van der Waals surface area contributed by atoms with E-state index in [9.17, 15) is 4.79 Å². The zero-order valence-electron chi connectivity index (χ0n) is 13.6. The van der Waals surface area contributed by atoms with E-state index in [1.54, 1.807) is 0 Å². The Hall–Kier alpha value is -0.610. The zero-order valence-corrected chi connectivity index (χ0v) is 13.6. The molecule has 1 aliphatic rings. The topological polar surface area (TPSA) is 49.6 Å². The Morgan fingerprint density at radius 1 is 1.15 bits per heavy atom. The number of amides is 1. The molecule has 0 atom stereocenters. The summed E-state index contributed by atoms with van der Waals surface area (Å²) in [5, 5.41) is 0. The number of carbonyl (C=O) groups is 1. The van der Waals surface area contributed by atoms with E-state index in [-0.39, 0.29) is 5.91 Å². The summed E-state index contributed by atoms with van der Waals surface area (Å²) in [5.41, 5.74) is 5.47. The maximum absolute atomic E-state index is 12.0. The van der Waals surface area contributed by atoms with Crippen LogP contribution in [-0.2, 0) is 4.79 Å². The van der Waals surface area contributed by atoms with Gasteiger partial charge in [0, 0.05) is 32.6 Å². The predicted molar refractivity (Wildman–Crippen MR) is 84.6 cm³/mol. The van der Waals surface area contributed by atoms with Gasteiger partial charge in [-0.15, -0.1) is 0 Å². The normalized spacial score (nSPS) is 23.1. The number of nitrogens with two attached hydrogens (primary N) is 1. The van der Waals surface area contributed by atoms with Crippen LogP contribution in [0.1, 0.15) is 51.9 Å². The molecule has 0 saturated heterocycles. The van der Waals surface area contributed by atoms with Crippen LogP contribution in [0.25, 0.3) is 0 Å². The third-order valence-corrected chi connectivity index (χ3v) is 4.82. The Kier molecular flexibility index (Phi) is 8.15. The van der Waals surface area contributed by atoms with E-state index in [2.05, 4.69) is 18.9 Å². The van der Waals surface area contributed by atoms with Crippen molar-refractivity contribution in [3.63, 3.8) is 0 Å². The number of rotatable bonds is 8. The predicted octanol–water partition coefficient (Wildman–Crippen LogP) is 2.08. The molecule has 1 amide bonds. The molecular weight excluding hydrogens is 250 g/mol. The highest BCUT2D eigenvalue weighted by Gasteiger charge is 2.23.